The van der Waals surface area contributed by atoms with Gasteiger partial charge in [-0.25, -0.2) is 4.98 Å². The molecule has 3 rings (SSSR count). The molecule has 114 valence electrons. The fourth-order valence-corrected chi connectivity index (χ4v) is 3.99. The van der Waals surface area contributed by atoms with Crippen LogP contribution in [0.1, 0.15) is 31.2 Å². The summed E-state index contributed by atoms with van der Waals surface area (Å²) in [5, 5.41) is 14.6. The van der Waals surface area contributed by atoms with Gasteiger partial charge < -0.3 is 10.2 Å². The summed E-state index contributed by atoms with van der Waals surface area (Å²) < 4.78 is 0.751. The van der Waals surface area contributed by atoms with Crippen LogP contribution in [0.15, 0.2) is 10.7 Å². The summed E-state index contributed by atoms with van der Waals surface area (Å²) in [6, 6.07) is 0.953. The molecule has 7 heteroatoms. The molecule has 3 heterocycles. The third-order valence-electron chi connectivity index (χ3n) is 4.55. The van der Waals surface area contributed by atoms with Crippen molar-refractivity contribution < 1.29 is 4.92 Å². The standard InChI is InChI=1S/C14H19BrN4O2/c1-9-12(19(20)21)8-17-14(13(9)15)18-7-3-5-11(18)10-4-2-6-16-10/h8,10-11,16H,2-7H2,1H3. The molecule has 2 unspecified atom stereocenters. The highest BCUT2D eigenvalue weighted by atomic mass is 79.9. The van der Waals surface area contributed by atoms with Gasteiger partial charge in [0.25, 0.3) is 5.69 Å². The van der Waals surface area contributed by atoms with Crippen molar-refractivity contribution in [3.63, 3.8) is 0 Å². The molecule has 0 aromatic carbocycles. The minimum atomic E-state index is -0.378. The van der Waals surface area contributed by atoms with Gasteiger partial charge in [-0.05, 0) is 55.1 Å². The molecule has 0 spiro atoms. The Morgan fingerprint density at radius 1 is 1.48 bits per heavy atom. The number of nitrogens with one attached hydrogen (secondary N) is 1. The van der Waals surface area contributed by atoms with Crippen molar-refractivity contribution in [1.82, 2.24) is 10.3 Å². The number of rotatable bonds is 3. The zero-order valence-electron chi connectivity index (χ0n) is 12.0. The smallest absolute Gasteiger partial charge is 0.291 e. The summed E-state index contributed by atoms with van der Waals surface area (Å²) in [6.07, 6.45) is 6.11. The van der Waals surface area contributed by atoms with Gasteiger partial charge in [0.05, 0.1) is 9.40 Å². The topological polar surface area (TPSA) is 71.3 Å². The van der Waals surface area contributed by atoms with E-state index in [1.807, 2.05) is 0 Å². The minimum Gasteiger partial charge on any atom is -0.351 e. The van der Waals surface area contributed by atoms with Crippen molar-refractivity contribution >= 4 is 27.4 Å². The Hall–Kier alpha value is -1.21. The second-order valence-electron chi connectivity index (χ2n) is 5.77. The van der Waals surface area contributed by atoms with E-state index < -0.39 is 0 Å². The number of hydrogen-bond acceptors (Lipinski definition) is 5. The zero-order chi connectivity index (χ0) is 15.0. The summed E-state index contributed by atoms with van der Waals surface area (Å²) in [5.74, 6) is 0.842. The summed E-state index contributed by atoms with van der Waals surface area (Å²) in [4.78, 5) is 17.3. The average molecular weight is 355 g/mol. The van der Waals surface area contributed by atoms with E-state index >= 15 is 0 Å². The average Bonchev–Trinajstić information content (AvgIpc) is 3.10. The Labute approximate surface area is 132 Å². The molecular formula is C14H19BrN4O2. The van der Waals surface area contributed by atoms with Crippen LogP contribution in [-0.4, -0.2) is 35.1 Å². The molecule has 2 aliphatic heterocycles. The van der Waals surface area contributed by atoms with E-state index in [1.54, 1.807) is 6.92 Å². The van der Waals surface area contributed by atoms with E-state index in [9.17, 15) is 10.1 Å². The molecule has 2 atom stereocenters. The van der Waals surface area contributed by atoms with Crippen LogP contribution in [-0.2, 0) is 0 Å². The molecule has 0 saturated carbocycles. The number of nitro groups is 1. The number of pyridine rings is 1. The molecular weight excluding hydrogens is 336 g/mol. The van der Waals surface area contributed by atoms with E-state index in [4.69, 9.17) is 0 Å². The normalized spacial score (nSPS) is 25.5. The van der Waals surface area contributed by atoms with Crippen LogP contribution in [0, 0.1) is 17.0 Å². The van der Waals surface area contributed by atoms with Crippen molar-refractivity contribution in [3.8, 4) is 0 Å². The second kappa shape index (κ2) is 5.88. The molecule has 0 aliphatic carbocycles. The summed E-state index contributed by atoms with van der Waals surface area (Å²) in [5.41, 5.74) is 0.718. The molecule has 0 radical (unpaired) electrons. The van der Waals surface area contributed by atoms with Crippen molar-refractivity contribution in [3.05, 3.63) is 26.3 Å². The van der Waals surface area contributed by atoms with E-state index in [0.717, 1.165) is 36.2 Å². The molecule has 0 amide bonds. The van der Waals surface area contributed by atoms with E-state index in [-0.39, 0.29) is 10.6 Å². The lowest BCUT2D eigenvalue weighted by molar-refractivity contribution is -0.385. The van der Waals surface area contributed by atoms with Crippen LogP contribution in [0.4, 0.5) is 11.5 Å². The largest absolute Gasteiger partial charge is 0.351 e. The number of halogens is 1. The highest BCUT2D eigenvalue weighted by Crippen LogP contribution is 2.37. The molecule has 6 nitrogen and oxygen atoms in total. The highest BCUT2D eigenvalue weighted by Gasteiger charge is 2.35. The first-order valence-corrected chi connectivity index (χ1v) is 8.18. The Kier molecular flexibility index (Phi) is 4.12. The molecule has 1 N–H and O–H groups in total. The number of hydrogen-bond donors (Lipinski definition) is 1. The number of nitrogens with zero attached hydrogens (tertiary/aromatic N) is 3. The summed E-state index contributed by atoms with van der Waals surface area (Å²) >= 11 is 3.52. The highest BCUT2D eigenvalue weighted by molar-refractivity contribution is 9.10. The quantitative estimate of drug-likeness (QED) is 0.667. The second-order valence-corrected chi connectivity index (χ2v) is 6.56. The van der Waals surface area contributed by atoms with Crippen LogP contribution in [0.2, 0.25) is 0 Å². The van der Waals surface area contributed by atoms with Gasteiger partial charge in [-0.2, -0.15) is 0 Å². The molecule has 2 fully saturated rings. The molecule has 0 bridgehead atoms. The monoisotopic (exact) mass is 354 g/mol. The third-order valence-corrected chi connectivity index (χ3v) is 5.50. The Bertz CT molecular complexity index is 560. The van der Waals surface area contributed by atoms with Crippen molar-refractivity contribution in [2.75, 3.05) is 18.0 Å². The fraction of sp³-hybridized carbons (Fsp3) is 0.643. The third kappa shape index (κ3) is 2.64. The van der Waals surface area contributed by atoms with Crippen LogP contribution < -0.4 is 10.2 Å². The molecule has 21 heavy (non-hydrogen) atoms. The predicted molar refractivity (Wildman–Crippen MR) is 84.7 cm³/mol. The van der Waals surface area contributed by atoms with Gasteiger partial charge in [0.15, 0.2) is 0 Å². The van der Waals surface area contributed by atoms with E-state index in [0.29, 0.717) is 17.6 Å². The maximum Gasteiger partial charge on any atom is 0.291 e. The van der Waals surface area contributed by atoms with Gasteiger partial charge in [0, 0.05) is 24.2 Å². The minimum absolute atomic E-state index is 0.0698. The van der Waals surface area contributed by atoms with Crippen LogP contribution >= 0.6 is 15.9 Å². The summed E-state index contributed by atoms with van der Waals surface area (Å²) in [7, 11) is 0. The van der Waals surface area contributed by atoms with Gasteiger partial charge in [-0.1, -0.05) is 0 Å². The number of aromatic nitrogens is 1. The van der Waals surface area contributed by atoms with Gasteiger partial charge in [0.2, 0.25) is 0 Å². The van der Waals surface area contributed by atoms with E-state index in [1.165, 1.54) is 19.0 Å². The lowest BCUT2D eigenvalue weighted by Gasteiger charge is -2.31. The van der Waals surface area contributed by atoms with Crippen molar-refractivity contribution in [1.29, 1.82) is 0 Å². The maximum absolute atomic E-state index is 11.0. The van der Waals surface area contributed by atoms with Gasteiger partial charge in [-0.3, -0.25) is 10.1 Å². The lowest BCUT2D eigenvalue weighted by Crippen LogP contribution is -2.44. The zero-order valence-corrected chi connectivity index (χ0v) is 13.6. The predicted octanol–water partition coefficient (Wildman–Crippen LogP) is 2.78. The van der Waals surface area contributed by atoms with Gasteiger partial charge >= 0.3 is 0 Å². The van der Waals surface area contributed by atoms with Crippen LogP contribution in [0.25, 0.3) is 0 Å². The first-order valence-electron chi connectivity index (χ1n) is 7.39. The van der Waals surface area contributed by atoms with E-state index in [2.05, 4.69) is 31.1 Å². The number of anilines is 1. The Morgan fingerprint density at radius 3 is 2.95 bits per heavy atom. The first kappa shape index (κ1) is 14.7. The summed E-state index contributed by atoms with van der Waals surface area (Å²) in [6.45, 7) is 3.82. The fourth-order valence-electron chi connectivity index (χ4n) is 3.45. The molecule has 1 aromatic rings. The molecule has 2 aliphatic rings. The lowest BCUT2D eigenvalue weighted by atomic mass is 10.0. The van der Waals surface area contributed by atoms with Crippen molar-refractivity contribution in [2.45, 2.75) is 44.7 Å². The maximum atomic E-state index is 11.0. The Morgan fingerprint density at radius 2 is 2.29 bits per heavy atom. The van der Waals surface area contributed by atoms with Gasteiger partial charge in [0.1, 0.15) is 12.0 Å². The first-order chi connectivity index (χ1) is 10.1. The van der Waals surface area contributed by atoms with Crippen molar-refractivity contribution in [2.24, 2.45) is 0 Å². The van der Waals surface area contributed by atoms with Crippen LogP contribution in [0.5, 0.6) is 0 Å². The Balaban J connectivity index is 1.92. The molecule has 1 aromatic heterocycles. The van der Waals surface area contributed by atoms with Crippen LogP contribution in [0.3, 0.4) is 0 Å². The molecule has 2 saturated heterocycles. The van der Waals surface area contributed by atoms with Gasteiger partial charge in [-0.15, -0.1) is 0 Å². The SMILES string of the molecule is Cc1c([N+](=O)[O-])cnc(N2CCCC2C2CCCN2)c1Br.